The predicted molar refractivity (Wildman–Crippen MR) is 120 cm³/mol. The molecule has 1 amide bonds. The molecular weight excluding hydrogens is 455 g/mol. The maximum atomic E-state index is 13.1. The predicted octanol–water partition coefficient (Wildman–Crippen LogP) is 3.06. The number of amides is 1. The van der Waals surface area contributed by atoms with Crippen molar-refractivity contribution < 1.29 is 22.6 Å². The number of sulfonamides is 1. The first-order chi connectivity index (χ1) is 15.3. The molecule has 166 valence electrons. The van der Waals surface area contributed by atoms with Crippen molar-refractivity contribution in [2.45, 2.75) is 4.90 Å². The Kier molecular flexibility index (Phi) is 6.29. The number of H-pyrrole nitrogens is 1. The van der Waals surface area contributed by atoms with Crippen molar-refractivity contribution in [2.24, 2.45) is 0 Å². The fourth-order valence-electron chi connectivity index (χ4n) is 3.48. The number of pyridine rings is 1. The molecule has 10 heteroatoms. The van der Waals surface area contributed by atoms with Crippen LogP contribution in [0.3, 0.4) is 0 Å². The lowest BCUT2D eigenvalue weighted by Gasteiger charge is -2.31. The van der Waals surface area contributed by atoms with Gasteiger partial charge in [-0.05, 0) is 48.5 Å². The minimum Gasteiger partial charge on any atom is -0.331 e. The molecule has 32 heavy (non-hydrogen) atoms. The molecule has 2 aromatic carbocycles. The largest absolute Gasteiger partial charge is 0.331 e. The van der Waals surface area contributed by atoms with E-state index < -0.39 is 15.8 Å². The quantitative estimate of drug-likeness (QED) is 0.614. The summed E-state index contributed by atoms with van der Waals surface area (Å²) in [5.41, 5.74) is 0.418. The zero-order chi connectivity index (χ0) is 22.7. The fourth-order valence-corrected chi connectivity index (χ4v) is 5.07. The smallest absolute Gasteiger partial charge is 0.274 e. The first-order valence-corrected chi connectivity index (χ1v) is 11.8. The summed E-state index contributed by atoms with van der Waals surface area (Å²) in [5, 5.41) is -0.0133. The lowest BCUT2D eigenvalue weighted by atomic mass is 10.2. The van der Waals surface area contributed by atoms with Crippen LogP contribution in [0.4, 0.5) is 15.9 Å². The monoisotopic (exact) mass is 475 g/mol. The Morgan fingerprint density at radius 2 is 1.72 bits per heavy atom. The van der Waals surface area contributed by atoms with Gasteiger partial charge < -0.3 is 4.90 Å². The fraction of sp³-hybridized carbons (Fsp3) is 0.182. The van der Waals surface area contributed by atoms with Gasteiger partial charge in [0.2, 0.25) is 0 Å². The molecule has 2 heterocycles. The Balaban J connectivity index is 1.49. The molecular formula is C22H21ClFN4O3S+. The van der Waals surface area contributed by atoms with Gasteiger partial charge in [-0.1, -0.05) is 17.7 Å². The highest BCUT2D eigenvalue weighted by Gasteiger charge is 2.28. The third kappa shape index (κ3) is 4.84. The normalized spacial score (nSPS) is 14.3. The van der Waals surface area contributed by atoms with E-state index in [1.165, 1.54) is 30.3 Å². The first-order valence-electron chi connectivity index (χ1n) is 9.92. The molecule has 1 saturated heterocycles. The second-order valence-corrected chi connectivity index (χ2v) is 9.34. The van der Waals surface area contributed by atoms with Crippen molar-refractivity contribution in [3.63, 3.8) is 0 Å². The summed E-state index contributed by atoms with van der Waals surface area (Å²) in [6.45, 7) is 2.30. The molecule has 4 rings (SSSR count). The van der Waals surface area contributed by atoms with Crippen molar-refractivity contribution in [3.8, 4) is 0 Å². The van der Waals surface area contributed by atoms with E-state index in [2.05, 4.69) is 14.6 Å². The lowest BCUT2D eigenvalue weighted by molar-refractivity contribution is -0.364. The van der Waals surface area contributed by atoms with Crippen LogP contribution >= 0.6 is 11.6 Å². The number of aromatic amines is 1. The van der Waals surface area contributed by atoms with Gasteiger partial charge in [0.05, 0.1) is 24.3 Å². The van der Waals surface area contributed by atoms with Crippen LogP contribution in [0.25, 0.3) is 0 Å². The van der Waals surface area contributed by atoms with E-state index in [4.69, 9.17) is 11.6 Å². The molecule has 0 radical (unpaired) electrons. The van der Waals surface area contributed by atoms with Crippen molar-refractivity contribution in [1.82, 2.24) is 4.90 Å². The summed E-state index contributed by atoms with van der Waals surface area (Å²) in [6, 6.07) is 14.9. The second-order valence-electron chi connectivity index (χ2n) is 7.28. The SMILES string of the molecule is O=C(c1ccc(Cl)c(S(=O)(=O)Nc2ccc(F)cc2)c1)N1CCN(c2cccc[nH+]2)CC1. The minimum absolute atomic E-state index is 0.0133. The molecule has 0 spiro atoms. The summed E-state index contributed by atoms with van der Waals surface area (Å²) in [7, 11) is -4.08. The molecule has 1 fully saturated rings. The number of aromatic nitrogens is 1. The molecule has 0 aliphatic carbocycles. The number of benzene rings is 2. The first kappa shape index (κ1) is 22.0. The van der Waals surface area contributed by atoms with E-state index in [9.17, 15) is 17.6 Å². The molecule has 7 nitrogen and oxygen atoms in total. The summed E-state index contributed by atoms with van der Waals surface area (Å²) < 4.78 is 41.1. The maximum absolute atomic E-state index is 13.1. The molecule has 1 aliphatic heterocycles. The Morgan fingerprint density at radius 1 is 1.00 bits per heavy atom. The van der Waals surface area contributed by atoms with Gasteiger partial charge in [-0.25, -0.2) is 17.8 Å². The van der Waals surface area contributed by atoms with Crippen LogP contribution in [-0.2, 0) is 10.0 Å². The molecule has 0 unspecified atom stereocenters. The molecule has 0 bridgehead atoms. The van der Waals surface area contributed by atoms with Crippen molar-refractivity contribution in [2.75, 3.05) is 35.8 Å². The second kappa shape index (κ2) is 9.13. The Bertz CT molecular complexity index is 1220. The Hall–Kier alpha value is -3.17. The maximum Gasteiger partial charge on any atom is 0.274 e. The number of nitrogens with one attached hydrogen (secondary N) is 2. The average Bonchev–Trinajstić information content (AvgIpc) is 2.81. The summed E-state index contributed by atoms with van der Waals surface area (Å²) >= 11 is 6.14. The van der Waals surface area contributed by atoms with E-state index in [1.54, 1.807) is 4.90 Å². The van der Waals surface area contributed by atoms with Crippen molar-refractivity contribution in [3.05, 3.63) is 83.3 Å². The summed E-state index contributed by atoms with van der Waals surface area (Å²) in [4.78, 5) is 19.8. The van der Waals surface area contributed by atoms with Gasteiger partial charge in [-0.3, -0.25) is 14.4 Å². The molecule has 1 aliphatic rings. The van der Waals surface area contributed by atoms with Crippen LogP contribution in [0.5, 0.6) is 0 Å². The molecule has 3 aromatic rings. The van der Waals surface area contributed by atoms with Gasteiger partial charge in [0.1, 0.15) is 23.8 Å². The number of rotatable bonds is 5. The Labute approximate surface area is 190 Å². The summed E-state index contributed by atoms with van der Waals surface area (Å²) in [6.07, 6.45) is 1.85. The highest BCUT2D eigenvalue weighted by molar-refractivity contribution is 7.92. The standard InChI is InChI=1S/C22H20ClFN4O3S/c23-19-9-4-16(15-20(19)32(30,31)26-18-7-5-17(24)6-8-18)22(29)28-13-11-27(12-14-28)21-3-1-2-10-25-21/h1-10,15,26H,11-14H2/p+1. The number of carbonyl (C=O) groups is 1. The van der Waals surface area contributed by atoms with Crippen LogP contribution in [0.15, 0.2) is 71.8 Å². The average molecular weight is 476 g/mol. The Morgan fingerprint density at radius 3 is 2.38 bits per heavy atom. The third-order valence-electron chi connectivity index (χ3n) is 5.16. The lowest BCUT2D eigenvalue weighted by Crippen LogP contribution is -2.50. The van der Waals surface area contributed by atoms with Crippen LogP contribution < -0.4 is 14.6 Å². The number of hydrogen-bond donors (Lipinski definition) is 1. The molecule has 2 N–H and O–H groups in total. The van der Waals surface area contributed by atoms with Gasteiger partial charge >= 0.3 is 0 Å². The van der Waals surface area contributed by atoms with E-state index in [0.29, 0.717) is 26.2 Å². The van der Waals surface area contributed by atoms with Crippen molar-refractivity contribution in [1.29, 1.82) is 0 Å². The molecule has 0 saturated carbocycles. The van der Waals surface area contributed by atoms with E-state index >= 15 is 0 Å². The number of halogens is 2. The number of nitrogens with zero attached hydrogens (tertiary/aromatic N) is 2. The van der Waals surface area contributed by atoms with E-state index in [1.807, 2.05) is 24.4 Å². The number of piperazine rings is 1. The van der Waals surface area contributed by atoms with Crippen LogP contribution in [0.2, 0.25) is 5.02 Å². The van der Waals surface area contributed by atoms with Gasteiger partial charge in [-0.15, -0.1) is 0 Å². The van der Waals surface area contributed by atoms with Gasteiger partial charge in [0.15, 0.2) is 0 Å². The molecule has 0 atom stereocenters. The van der Waals surface area contributed by atoms with Crippen LogP contribution in [0.1, 0.15) is 10.4 Å². The van der Waals surface area contributed by atoms with Crippen molar-refractivity contribution >= 4 is 39.0 Å². The topological polar surface area (TPSA) is 83.9 Å². The van der Waals surface area contributed by atoms with Gasteiger partial charge in [0.25, 0.3) is 21.7 Å². The van der Waals surface area contributed by atoms with Crippen LogP contribution in [-0.4, -0.2) is 45.4 Å². The highest BCUT2D eigenvalue weighted by Crippen LogP contribution is 2.26. The zero-order valence-corrected chi connectivity index (χ0v) is 18.5. The summed E-state index contributed by atoms with van der Waals surface area (Å²) in [5.74, 6) is 0.228. The van der Waals surface area contributed by atoms with E-state index in [0.717, 1.165) is 18.0 Å². The highest BCUT2D eigenvalue weighted by atomic mass is 35.5. The third-order valence-corrected chi connectivity index (χ3v) is 7.03. The van der Waals surface area contributed by atoms with Gasteiger partial charge in [0, 0.05) is 17.3 Å². The minimum atomic E-state index is -4.08. The van der Waals surface area contributed by atoms with E-state index in [-0.39, 0.29) is 27.1 Å². The number of anilines is 2. The zero-order valence-electron chi connectivity index (χ0n) is 17.0. The van der Waals surface area contributed by atoms with Crippen LogP contribution in [0, 0.1) is 5.82 Å². The molecule has 1 aromatic heterocycles. The number of carbonyl (C=O) groups excluding carboxylic acids is 1. The van der Waals surface area contributed by atoms with Gasteiger partial charge in [-0.2, -0.15) is 0 Å². The number of hydrogen-bond acceptors (Lipinski definition) is 4.